The molecular weight excluding hydrogens is 419 g/mol. The molecule has 4 aromatic rings. The second kappa shape index (κ2) is 8.70. The summed E-state index contributed by atoms with van der Waals surface area (Å²) in [6, 6.07) is 15.3. The maximum absolute atomic E-state index is 13.4. The van der Waals surface area contributed by atoms with E-state index in [4.69, 9.17) is 4.74 Å². The van der Waals surface area contributed by atoms with E-state index in [2.05, 4.69) is 20.3 Å². The summed E-state index contributed by atoms with van der Waals surface area (Å²) in [7, 11) is 0. The molecule has 2 N–H and O–H groups in total. The third-order valence-electron chi connectivity index (χ3n) is 5.54. The van der Waals surface area contributed by atoms with Crippen LogP contribution in [0, 0.1) is 12.7 Å². The molecule has 0 unspecified atom stereocenters. The molecule has 1 aliphatic rings. The number of nitrogens with zero attached hydrogens (tertiary/aromatic N) is 2. The van der Waals surface area contributed by atoms with Gasteiger partial charge in [0.2, 0.25) is 0 Å². The third-order valence-corrected chi connectivity index (χ3v) is 5.54. The molecule has 0 aliphatic carbocycles. The number of aromatic amines is 1. The van der Waals surface area contributed by atoms with Gasteiger partial charge in [-0.3, -0.25) is 9.79 Å². The van der Waals surface area contributed by atoms with Gasteiger partial charge in [-0.1, -0.05) is 24.3 Å². The number of nitrogens with one attached hydrogen (secondary N) is 2. The minimum Gasteiger partial charge on any atom is -0.456 e. The first-order chi connectivity index (χ1) is 16.1. The van der Waals surface area contributed by atoms with Gasteiger partial charge in [0, 0.05) is 41.4 Å². The predicted octanol–water partition coefficient (Wildman–Crippen LogP) is 5.20. The van der Waals surface area contributed by atoms with E-state index < -0.39 is 0 Å². The third kappa shape index (κ3) is 4.25. The maximum atomic E-state index is 13.4. The number of fused-ring (bicyclic) bond motifs is 1. The molecule has 7 heteroatoms. The van der Waals surface area contributed by atoms with Crippen molar-refractivity contribution in [3.63, 3.8) is 0 Å². The van der Waals surface area contributed by atoms with Crippen molar-refractivity contribution in [3.8, 4) is 11.5 Å². The van der Waals surface area contributed by atoms with Crippen molar-refractivity contribution in [2.75, 3.05) is 6.54 Å². The van der Waals surface area contributed by atoms with Crippen LogP contribution >= 0.6 is 0 Å². The Morgan fingerprint density at radius 3 is 2.85 bits per heavy atom. The summed E-state index contributed by atoms with van der Waals surface area (Å²) in [5.74, 6) is 0.628. The Morgan fingerprint density at radius 2 is 2.03 bits per heavy atom. The number of carbonyl (C=O) groups excluding carboxylic acids is 1. The van der Waals surface area contributed by atoms with E-state index in [1.165, 1.54) is 12.1 Å². The molecule has 0 atom stereocenters. The largest absolute Gasteiger partial charge is 0.456 e. The lowest BCUT2D eigenvalue weighted by atomic mass is 10.1. The summed E-state index contributed by atoms with van der Waals surface area (Å²) in [6.45, 7) is 2.75. The molecule has 3 heterocycles. The number of hydrogen-bond acceptors (Lipinski definition) is 4. The number of halogens is 1. The van der Waals surface area contributed by atoms with Crippen molar-refractivity contribution in [2.24, 2.45) is 4.99 Å². The molecule has 2 aromatic heterocycles. The number of hydrogen-bond donors (Lipinski definition) is 2. The number of allylic oxidation sites excluding steroid dienone is 1. The van der Waals surface area contributed by atoms with Crippen LogP contribution in [-0.4, -0.2) is 28.6 Å². The molecule has 2 aromatic carbocycles. The Hall–Kier alpha value is -4.26. The first-order valence-corrected chi connectivity index (χ1v) is 10.6. The molecule has 0 fully saturated rings. The summed E-state index contributed by atoms with van der Waals surface area (Å²) in [5, 5.41) is 3.69. The summed E-state index contributed by atoms with van der Waals surface area (Å²) in [4.78, 5) is 24.7. The Kier molecular flexibility index (Phi) is 5.44. The SMILES string of the molecule is Cc1c(Oc2ccnc3[nH]c(C4=CCN=C4)cc23)cccc1C(=O)NCc1cccc(F)c1. The van der Waals surface area contributed by atoms with Crippen molar-refractivity contribution >= 4 is 28.7 Å². The highest BCUT2D eigenvalue weighted by Crippen LogP contribution is 2.33. The lowest BCUT2D eigenvalue weighted by Gasteiger charge is -2.13. The molecule has 0 saturated carbocycles. The Bertz CT molecular complexity index is 1420. The Balaban J connectivity index is 1.38. The average molecular weight is 440 g/mol. The maximum Gasteiger partial charge on any atom is 0.251 e. The summed E-state index contributed by atoms with van der Waals surface area (Å²) in [5.41, 5.74) is 4.56. The molecule has 0 bridgehead atoms. The van der Waals surface area contributed by atoms with Gasteiger partial charge < -0.3 is 15.0 Å². The topological polar surface area (TPSA) is 79.4 Å². The number of H-pyrrole nitrogens is 1. The minimum absolute atomic E-state index is 0.234. The fraction of sp³-hybridized carbons (Fsp3) is 0.115. The molecule has 5 rings (SSSR count). The minimum atomic E-state index is -0.332. The molecule has 0 radical (unpaired) electrons. The van der Waals surface area contributed by atoms with E-state index in [1.807, 2.05) is 31.3 Å². The molecule has 6 nitrogen and oxygen atoms in total. The van der Waals surface area contributed by atoms with E-state index in [1.54, 1.807) is 36.5 Å². The van der Waals surface area contributed by atoms with Gasteiger partial charge in [0.1, 0.15) is 23.0 Å². The van der Waals surface area contributed by atoms with Crippen LogP contribution in [0.4, 0.5) is 4.39 Å². The van der Waals surface area contributed by atoms with E-state index in [-0.39, 0.29) is 18.3 Å². The van der Waals surface area contributed by atoms with E-state index in [0.29, 0.717) is 40.4 Å². The van der Waals surface area contributed by atoms with Crippen molar-refractivity contribution in [2.45, 2.75) is 13.5 Å². The quantitative estimate of drug-likeness (QED) is 0.433. The van der Waals surface area contributed by atoms with Gasteiger partial charge in [-0.2, -0.15) is 0 Å². The highest BCUT2D eigenvalue weighted by atomic mass is 19.1. The first-order valence-electron chi connectivity index (χ1n) is 10.6. The zero-order valence-corrected chi connectivity index (χ0v) is 17.9. The molecule has 1 amide bonds. The van der Waals surface area contributed by atoms with Crippen LogP contribution in [-0.2, 0) is 6.54 Å². The van der Waals surface area contributed by atoms with Crippen LogP contribution in [0.3, 0.4) is 0 Å². The predicted molar refractivity (Wildman–Crippen MR) is 126 cm³/mol. The fourth-order valence-electron chi connectivity index (χ4n) is 3.80. The van der Waals surface area contributed by atoms with Gasteiger partial charge in [0.15, 0.2) is 0 Å². The second-order valence-electron chi connectivity index (χ2n) is 7.75. The van der Waals surface area contributed by atoms with Crippen LogP contribution in [0.25, 0.3) is 16.6 Å². The summed E-state index contributed by atoms with van der Waals surface area (Å²) in [6.07, 6.45) is 5.56. The smallest absolute Gasteiger partial charge is 0.251 e. The van der Waals surface area contributed by atoms with Gasteiger partial charge in [0.05, 0.1) is 11.9 Å². The van der Waals surface area contributed by atoms with Crippen molar-refractivity contribution < 1.29 is 13.9 Å². The average Bonchev–Trinajstić information content (AvgIpc) is 3.49. The van der Waals surface area contributed by atoms with Gasteiger partial charge in [-0.05, 0) is 48.9 Å². The number of benzene rings is 2. The normalized spacial score (nSPS) is 12.7. The van der Waals surface area contributed by atoms with Crippen molar-refractivity contribution in [1.29, 1.82) is 0 Å². The monoisotopic (exact) mass is 440 g/mol. The Labute approximate surface area is 189 Å². The molecule has 164 valence electrons. The van der Waals surface area contributed by atoms with Gasteiger partial charge in [-0.15, -0.1) is 0 Å². The van der Waals surface area contributed by atoms with E-state index >= 15 is 0 Å². The molecular formula is C26H21FN4O2. The summed E-state index contributed by atoms with van der Waals surface area (Å²) >= 11 is 0. The van der Waals surface area contributed by atoms with Crippen molar-refractivity contribution in [1.82, 2.24) is 15.3 Å². The molecule has 0 spiro atoms. The van der Waals surface area contributed by atoms with Gasteiger partial charge >= 0.3 is 0 Å². The number of rotatable bonds is 6. The van der Waals surface area contributed by atoms with E-state index in [9.17, 15) is 9.18 Å². The zero-order chi connectivity index (χ0) is 22.8. The van der Waals surface area contributed by atoms with Gasteiger partial charge in [0.25, 0.3) is 5.91 Å². The number of aromatic nitrogens is 2. The number of pyridine rings is 1. The van der Waals surface area contributed by atoms with Crippen LogP contribution < -0.4 is 10.1 Å². The van der Waals surface area contributed by atoms with Crippen LogP contribution in [0.15, 0.2) is 71.9 Å². The Morgan fingerprint density at radius 1 is 1.15 bits per heavy atom. The highest BCUT2D eigenvalue weighted by molar-refractivity contribution is 6.12. The van der Waals surface area contributed by atoms with E-state index in [0.717, 1.165) is 16.7 Å². The number of amides is 1. The number of carbonyl (C=O) groups is 1. The first kappa shape index (κ1) is 20.6. The molecule has 0 saturated heterocycles. The van der Waals surface area contributed by atoms with Crippen LogP contribution in [0.2, 0.25) is 0 Å². The summed E-state index contributed by atoms with van der Waals surface area (Å²) < 4.78 is 19.6. The zero-order valence-electron chi connectivity index (χ0n) is 17.9. The highest BCUT2D eigenvalue weighted by Gasteiger charge is 2.16. The van der Waals surface area contributed by atoms with Crippen LogP contribution in [0.1, 0.15) is 27.2 Å². The number of aliphatic imine (C=N–C) groups is 1. The van der Waals surface area contributed by atoms with Gasteiger partial charge in [-0.25, -0.2) is 9.37 Å². The lowest BCUT2D eigenvalue weighted by Crippen LogP contribution is -2.23. The standard InChI is InChI=1S/C26H21FN4O2/c1-16-20(26(32)30-14-17-4-2-5-19(27)12-17)6-3-7-23(16)33-24-9-11-29-25-21(24)13-22(31-25)18-8-10-28-15-18/h2-9,11-13,15H,10,14H2,1H3,(H,29,31)(H,30,32). The molecule has 33 heavy (non-hydrogen) atoms. The van der Waals surface area contributed by atoms with Crippen LogP contribution in [0.5, 0.6) is 11.5 Å². The number of ether oxygens (including phenoxy) is 1. The fourth-order valence-corrected chi connectivity index (χ4v) is 3.80. The second-order valence-corrected chi connectivity index (χ2v) is 7.75. The lowest BCUT2D eigenvalue weighted by molar-refractivity contribution is 0.0950. The van der Waals surface area contributed by atoms with Crippen molar-refractivity contribution in [3.05, 3.63) is 95.1 Å². The molecule has 1 aliphatic heterocycles.